The number of pyridine rings is 1. The van der Waals surface area contributed by atoms with Gasteiger partial charge in [0.2, 0.25) is 5.82 Å². The molecule has 102 valence electrons. The summed E-state index contributed by atoms with van der Waals surface area (Å²) in [5.41, 5.74) is 5.28. The van der Waals surface area contributed by atoms with Crippen molar-refractivity contribution in [2.75, 3.05) is 14.1 Å². The molecule has 1 unspecified atom stereocenters. The Morgan fingerprint density at radius 1 is 1.68 bits per heavy atom. The van der Waals surface area contributed by atoms with Crippen molar-refractivity contribution in [1.29, 1.82) is 5.26 Å². The predicted molar refractivity (Wildman–Crippen MR) is 70.8 cm³/mol. The van der Waals surface area contributed by atoms with Gasteiger partial charge in [0.25, 0.3) is 11.7 Å². The van der Waals surface area contributed by atoms with Crippen LogP contribution in [-0.4, -0.2) is 31.0 Å². The molecule has 0 spiro atoms. The predicted octanol–water partition coefficient (Wildman–Crippen LogP) is 1.58. The number of carbonyl (C=O) groups is 1. The van der Waals surface area contributed by atoms with Crippen LogP contribution in [0.25, 0.3) is 0 Å². The van der Waals surface area contributed by atoms with Crippen molar-refractivity contribution in [1.82, 2.24) is 9.47 Å². The standard InChI is InChI=1S/C12H14ClFN4O/c1-4-9(11(16)19)18(2,3)12-8(14)5-7(6-15)10(13)17-12/h5,9H,4H2,1-3H3,(H-,16,19)/p+1. The van der Waals surface area contributed by atoms with E-state index in [4.69, 9.17) is 22.6 Å². The van der Waals surface area contributed by atoms with Gasteiger partial charge >= 0.3 is 0 Å². The number of hydrogen-bond donors (Lipinski definition) is 1. The average molecular weight is 286 g/mol. The first-order valence-electron chi connectivity index (χ1n) is 5.65. The average Bonchev–Trinajstić information content (AvgIpc) is 2.31. The summed E-state index contributed by atoms with van der Waals surface area (Å²) >= 11 is 5.81. The van der Waals surface area contributed by atoms with Gasteiger partial charge in [-0.2, -0.15) is 14.6 Å². The number of nitrogens with two attached hydrogens (primary N) is 1. The molecule has 5 nitrogen and oxygen atoms in total. The van der Waals surface area contributed by atoms with E-state index < -0.39 is 17.8 Å². The zero-order chi connectivity index (χ0) is 14.8. The zero-order valence-electron chi connectivity index (χ0n) is 10.9. The first-order chi connectivity index (χ1) is 8.75. The van der Waals surface area contributed by atoms with Crippen molar-refractivity contribution in [2.45, 2.75) is 19.4 Å². The molecule has 0 aliphatic rings. The Balaban J connectivity index is 3.41. The number of nitrogens with zero attached hydrogens (tertiary/aromatic N) is 3. The van der Waals surface area contributed by atoms with Crippen LogP contribution < -0.4 is 10.2 Å². The lowest BCUT2D eigenvalue weighted by Crippen LogP contribution is -2.56. The summed E-state index contributed by atoms with van der Waals surface area (Å²) < 4.78 is 13.9. The van der Waals surface area contributed by atoms with Crippen molar-refractivity contribution < 1.29 is 9.18 Å². The van der Waals surface area contributed by atoms with Gasteiger partial charge in [0.1, 0.15) is 6.07 Å². The Morgan fingerprint density at radius 3 is 2.68 bits per heavy atom. The minimum absolute atomic E-state index is 0.0188. The van der Waals surface area contributed by atoms with Crippen molar-refractivity contribution in [3.63, 3.8) is 0 Å². The Labute approximate surface area is 116 Å². The Hall–Kier alpha value is -1.71. The van der Waals surface area contributed by atoms with Gasteiger partial charge in [0.15, 0.2) is 11.2 Å². The molecule has 0 aromatic carbocycles. The molecule has 0 aliphatic carbocycles. The molecular formula is C12H15ClFN4O+. The monoisotopic (exact) mass is 285 g/mol. The fourth-order valence-electron chi connectivity index (χ4n) is 2.06. The van der Waals surface area contributed by atoms with Crippen LogP contribution in [0.1, 0.15) is 18.9 Å². The van der Waals surface area contributed by atoms with Gasteiger partial charge in [-0.1, -0.05) is 18.5 Å². The maximum Gasteiger partial charge on any atom is 0.276 e. The van der Waals surface area contributed by atoms with Crippen LogP contribution in [0.5, 0.6) is 0 Å². The molecule has 19 heavy (non-hydrogen) atoms. The molecule has 0 saturated heterocycles. The first-order valence-corrected chi connectivity index (χ1v) is 6.03. The van der Waals surface area contributed by atoms with E-state index in [1.807, 2.05) is 0 Å². The lowest BCUT2D eigenvalue weighted by Gasteiger charge is -2.34. The second-order valence-electron chi connectivity index (χ2n) is 4.61. The van der Waals surface area contributed by atoms with Crippen LogP contribution in [0.15, 0.2) is 6.07 Å². The van der Waals surface area contributed by atoms with Gasteiger partial charge in [-0.3, -0.25) is 9.28 Å². The fraction of sp³-hybridized carbons (Fsp3) is 0.417. The van der Waals surface area contributed by atoms with Crippen LogP contribution >= 0.6 is 11.6 Å². The van der Waals surface area contributed by atoms with Gasteiger partial charge in [-0.15, -0.1) is 0 Å². The number of hydrogen-bond acceptors (Lipinski definition) is 3. The van der Waals surface area contributed by atoms with Crippen LogP contribution in [0.2, 0.25) is 5.15 Å². The summed E-state index contributed by atoms with van der Waals surface area (Å²) in [5, 5.41) is 8.67. The van der Waals surface area contributed by atoms with Crippen molar-refractivity contribution in [3.8, 4) is 6.07 Å². The molecule has 2 N–H and O–H groups in total. The van der Waals surface area contributed by atoms with E-state index in [9.17, 15) is 9.18 Å². The largest absolute Gasteiger partial charge is 0.364 e. The first kappa shape index (κ1) is 15.3. The third kappa shape index (κ3) is 2.83. The molecule has 1 aromatic heterocycles. The maximum absolute atomic E-state index is 14.0. The highest BCUT2D eigenvalue weighted by atomic mass is 35.5. The molecule has 1 heterocycles. The van der Waals surface area contributed by atoms with E-state index >= 15 is 0 Å². The fourth-order valence-corrected chi connectivity index (χ4v) is 2.24. The van der Waals surface area contributed by atoms with Gasteiger partial charge in [0, 0.05) is 12.5 Å². The lowest BCUT2D eigenvalue weighted by atomic mass is 10.1. The topological polar surface area (TPSA) is 79.8 Å². The second kappa shape index (κ2) is 5.51. The Kier molecular flexibility index (Phi) is 4.45. The molecule has 0 saturated carbocycles. The number of amides is 1. The van der Waals surface area contributed by atoms with Crippen molar-refractivity contribution in [2.24, 2.45) is 5.73 Å². The molecule has 1 atom stereocenters. The summed E-state index contributed by atoms with van der Waals surface area (Å²) in [5.74, 6) is -1.26. The third-order valence-corrected chi connectivity index (χ3v) is 3.36. The van der Waals surface area contributed by atoms with Crippen LogP contribution in [0.4, 0.5) is 10.2 Å². The van der Waals surface area contributed by atoms with E-state index in [1.165, 1.54) is 0 Å². The van der Waals surface area contributed by atoms with Gasteiger partial charge in [0.05, 0.1) is 19.7 Å². The van der Waals surface area contributed by atoms with Crippen molar-refractivity contribution >= 4 is 23.3 Å². The molecule has 0 aliphatic heterocycles. The number of carbonyl (C=O) groups excluding carboxylic acids is 1. The molecule has 7 heteroatoms. The molecule has 1 rings (SSSR count). The minimum atomic E-state index is -0.689. The van der Waals surface area contributed by atoms with Crippen molar-refractivity contribution in [3.05, 3.63) is 22.6 Å². The van der Waals surface area contributed by atoms with E-state index in [1.54, 1.807) is 27.1 Å². The number of likely N-dealkylation sites (N-methyl/N-ethyl adjacent to an activating group) is 1. The van der Waals surface area contributed by atoms with Crippen LogP contribution in [0.3, 0.4) is 0 Å². The number of aromatic nitrogens is 1. The second-order valence-corrected chi connectivity index (χ2v) is 4.97. The van der Waals surface area contributed by atoms with Crippen LogP contribution in [0, 0.1) is 17.1 Å². The quantitative estimate of drug-likeness (QED) is 0.674. The van der Waals surface area contributed by atoms with E-state index in [-0.39, 0.29) is 21.0 Å². The Bertz CT molecular complexity index is 553. The lowest BCUT2D eigenvalue weighted by molar-refractivity contribution is -0.122. The molecular weight excluding hydrogens is 271 g/mol. The summed E-state index contributed by atoms with van der Waals surface area (Å²) in [6, 6.07) is 2.13. The summed E-state index contributed by atoms with van der Waals surface area (Å²) in [6.45, 7) is 1.78. The molecule has 0 fully saturated rings. The van der Waals surface area contributed by atoms with Crippen LogP contribution in [-0.2, 0) is 4.79 Å². The number of halogens is 2. The molecule has 1 amide bonds. The molecule has 1 aromatic rings. The summed E-state index contributed by atoms with van der Waals surface area (Å²) in [6.07, 6.45) is 0.432. The van der Waals surface area contributed by atoms with E-state index in [0.29, 0.717) is 6.42 Å². The summed E-state index contributed by atoms with van der Waals surface area (Å²) in [4.78, 5) is 15.3. The smallest absolute Gasteiger partial charge is 0.276 e. The third-order valence-electron chi connectivity index (χ3n) is 3.07. The van der Waals surface area contributed by atoms with E-state index in [2.05, 4.69) is 4.98 Å². The zero-order valence-corrected chi connectivity index (χ0v) is 11.7. The van der Waals surface area contributed by atoms with Gasteiger partial charge in [-0.05, 0) is 0 Å². The highest BCUT2D eigenvalue weighted by molar-refractivity contribution is 6.30. The SMILES string of the molecule is CCC(C(N)=O)[N+](C)(C)c1nc(Cl)c(C#N)cc1F. The normalized spacial score (nSPS) is 12.8. The summed E-state index contributed by atoms with van der Waals surface area (Å²) in [7, 11) is 3.24. The Morgan fingerprint density at radius 2 is 2.26 bits per heavy atom. The maximum atomic E-state index is 14.0. The molecule has 0 bridgehead atoms. The number of primary amides is 1. The number of nitriles is 1. The molecule has 0 radical (unpaired) electrons. The highest BCUT2D eigenvalue weighted by Crippen LogP contribution is 2.28. The van der Waals surface area contributed by atoms with Gasteiger partial charge < -0.3 is 5.73 Å². The highest BCUT2D eigenvalue weighted by Gasteiger charge is 2.38. The number of quaternary nitrogens is 1. The van der Waals surface area contributed by atoms with E-state index in [0.717, 1.165) is 6.07 Å². The minimum Gasteiger partial charge on any atom is -0.364 e. The van der Waals surface area contributed by atoms with Gasteiger partial charge in [-0.25, -0.2) is 0 Å². The number of rotatable bonds is 4.